The van der Waals surface area contributed by atoms with Crippen molar-refractivity contribution < 1.29 is 0 Å². The quantitative estimate of drug-likeness (QED) is 0.113. The normalized spacial score (nSPS) is 13.2. The molecule has 2 aliphatic carbocycles. The molecule has 0 N–H and O–H groups in total. The molecule has 430 valence electrons. The molecule has 16 aromatic carbocycles. The van der Waals surface area contributed by atoms with Gasteiger partial charge in [0.1, 0.15) is 0 Å². The van der Waals surface area contributed by atoms with Gasteiger partial charge in [0, 0.05) is 33.5 Å². The minimum absolute atomic E-state index is 0.582. The van der Waals surface area contributed by atoms with Gasteiger partial charge in [0.2, 0.25) is 0 Å². The van der Waals surface area contributed by atoms with E-state index >= 15 is 0 Å². The number of fused-ring (bicyclic) bond motifs is 6. The van der Waals surface area contributed by atoms with E-state index in [0.717, 1.165) is 45.3 Å². The minimum atomic E-state index is -0.582. The Labute approximate surface area is 536 Å². The first-order chi connectivity index (χ1) is 45.6. The highest BCUT2D eigenvalue weighted by Gasteiger charge is 2.48. The highest BCUT2D eigenvalue weighted by Crippen LogP contribution is 2.59. The Balaban J connectivity index is 0.868. The lowest BCUT2D eigenvalue weighted by molar-refractivity contribution is 0.768. The van der Waals surface area contributed by atoms with Crippen LogP contribution in [-0.2, 0) is 10.8 Å². The Hall–Kier alpha value is -11.8. The Morgan fingerprint density at radius 1 is 0.196 bits per heavy atom. The van der Waals surface area contributed by atoms with Crippen LogP contribution in [0.3, 0.4) is 0 Å². The predicted molar refractivity (Wildman–Crippen MR) is 385 cm³/mol. The SMILES string of the molecule is c1ccc(-c2cccc(N(c3cccc(C4(c5ccccc5)c5ccccc5-c5ccccc54)c3)c3ccc4ccc5c(N(c6cccc(-c7ccccc7)c6)c6cccc(C7(c8ccccc8)c8ccccc8-c8ccccc87)c6)ccc6ccc3c4c65)c2)cc1. The van der Waals surface area contributed by atoms with Gasteiger partial charge >= 0.3 is 0 Å². The zero-order valence-electron chi connectivity index (χ0n) is 50.5. The topological polar surface area (TPSA) is 6.48 Å². The van der Waals surface area contributed by atoms with Crippen LogP contribution < -0.4 is 9.80 Å². The average Bonchev–Trinajstić information content (AvgIpc) is 1.36. The molecule has 2 aliphatic rings. The summed E-state index contributed by atoms with van der Waals surface area (Å²) in [5.74, 6) is 0. The Morgan fingerprint density at radius 3 is 0.848 bits per heavy atom. The van der Waals surface area contributed by atoms with Gasteiger partial charge in [0.15, 0.2) is 0 Å². The second kappa shape index (κ2) is 21.4. The molecule has 0 aliphatic heterocycles. The number of rotatable bonds is 12. The number of nitrogens with zero attached hydrogens (tertiary/aromatic N) is 2. The van der Waals surface area contributed by atoms with E-state index in [1.807, 2.05) is 0 Å². The second-order valence-electron chi connectivity index (χ2n) is 24.6. The van der Waals surface area contributed by atoms with Gasteiger partial charge in [-0.05, 0) is 171 Å². The maximum Gasteiger partial charge on any atom is 0.0714 e. The molecular weight excluding hydrogens is 1110 g/mol. The van der Waals surface area contributed by atoms with Crippen molar-refractivity contribution in [3.63, 3.8) is 0 Å². The Bertz CT molecular complexity index is 5050. The first-order valence-electron chi connectivity index (χ1n) is 32.0. The highest BCUT2D eigenvalue weighted by molar-refractivity contribution is 6.28. The lowest BCUT2D eigenvalue weighted by atomic mass is 9.67. The highest BCUT2D eigenvalue weighted by atomic mass is 15.2. The molecule has 0 amide bonds. The van der Waals surface area contributed by atoms with Crippen molar-refractivity contribution in [3.8, 4) is 44.5 Å². The molecule has 18 rings (SSSR count). The van der Waals surface area contributed by atoms with Crippen LogP contribution in [0.1, 0.15) is 44.5 Å². The summed E-state index contributed by atoms with van der Waals surface area (Å²) in [6.07, 6.45) is 0. The summed E-state index contributed by atoms with van der Waals surface area (Å²) < 4.78 is 0. The maximum absolute atomic E-state index is 2.52. The Morgan fingerprint density at radius 2 is 0.478 bits per heavy atom. The van der Waals surface area contributed by atoms with Gasteiger partial charge in [0.05, 0.1) is 22.2 Å². The summed E-state index contributed by atoms with van der Waals surface area (Å²) >= 11 is 0. The third-order valence-electron chi connectivity index (χ3n) is 19.9. The first kappa shape index (κ1) is 53.2. The molecule has 0 spiro atoms. The zero-order valence-corrected chi connectivity index (χ0v) is 50.5. The van der Waals surface area contributed by atoms with Crippen LogP contribution in [0.2, 0.25) is 0 Å². The van der Waals surface area contributed by atoms with Crippen LogP contribution in [0.4, 0.5) is 34.1 Å². The van der Waals surface area contributed by atoms with Gasteiger partial charge in [0.25, 0.3) is 0 Å². The first-order valence-corrected chi connectivity index (χ1v) is 32.0. The van der Waals surface area contributed by atoms with Crippen molar-refractivity contribution in [1.82, 2.24) is 0 Å². The molecule has 2 heteroatoms. The van der Waals surface area contributed by atoms with Crippen molar-refractivity contribution >= 4 is 66.4 Å². The summed E-state index contributed by atoms with van der Waals surface area (Å²) in [6, 6.07) is 136. The average molecular weight is 1170 g/mol. The molecule has 0 aromatic heterocycles. The summed E-state index contributed by atoms with van der Waals surface area (Å²) in [5, 5.41) is 7.18. The van der Waals surface area contributed by atoms with Crippen LogP contribution in [-0.4, -0.2) is 0 Å². The van der Waals surface area contributed by atoms with Crippen LogP contribution >= 0.6 is 0 Å². The molecule has 0 saturated carbocycles. The van der Waals surface area contributed by atoms with E-state index < -0.39 is 10.8 Å². The van der Waals surface area contributed by atoms with Crippen molar-refractivity contribution in [2.45, 2.75) is 10.8 Å². The van der Waals surface area contributed by atoms with Gasteiger partial charge in [-0.2, -0.15) is 0 Å². The van der Waals surface area contributed by atoms with Gasteiger partial charge in [-0.1, -0.05) is 303 Å². The van der Waals surface area contributed by atoms with E-state index in [9.17, 15) is 0 Å². The van der Waals surface area contributed by atoms with Crippen molar-refractivity contribution in [2.24, 2.45) is 0 Å². The number of hydrogen-bond acceptors (Lipinski definition) is 2. The number of anilines is 6. The van der Waals surface area contributed by atoms with Crippen molar-refractivity contribution in [1.29, 1.82) is 0 Å². The van der Waals surface area contributed by atoms with Crippen molar-refractivity contribution in [2.75, 3.05) is 9.80 Å². The van der Waals surface area contributed by atoms with Gasteiger partial charge in [-0.15, -0.1) is 0 Å². The summed E-state index contributed by atoms with van der Waals surface area (Å²) in [5.41, 5.74) is 25.1. The van der Waals surface area contributed by atoms with Crippen LogP contribution in [0.5, 0.6) is 0 Å². The molecule has 16 aromatic rings. The molecule has 2 nitrogen and oxygen atoms in total. The van der Waals surface area contributed by atoms with Crippen LogP contribution in [0.15, 0.2) is 364 Å². The lowest BCUT2D eigenvalue weighted by Gasteiger charge is -2.35. The molecule has 0 radical (unpaired) electrons. The van der Waals surface area contributed by atoms with Gasteiger partial charge in [-0.25, -0.2) is 0 Å². The van der Waals surface area contributed by atoms with E-state index in [-0.39, 0.29) is 0 Å². The molecule has 0 heterocycles. The molecule has 0 atom stereocenters. The molecule has 0 bridgehead atoms. The Kier molecular flexibility index (Phi) is 12.4. The number of benzene rings is 16. The molecule has 0 fully saturated rings. The largest absolute Gasteiger partial charge is 0.310 e. The van der Waals surface area contributed by atoms with Gasteiger partial charge < -0.3 is 9.80 Å². The zero-order chi connectivity index (χ0) is 60.7. The lowest BCUT2D eigenvalue weighted by Crippen LogP contribution is -2.28. The summed E-state index contributed by atoms with van der Waals surface area (Å²) in [6.45, 7) is 0. The van der Waals surface area contributed by atoms with Crippen LogP contribution in [0, 0.1) is 0 Å². The molecule has 0 unspecified atom stereocenters. The summed E-state index contributed by atoms with van der Waals surface area (Å²) in [4.78, 5) is 5.03. The molecule has 92 heavy (non-hydrogen) atoms. The minimum Gasteiger partial charge on any atom is -0.310 e. The third kappa shape index (κ3) is 8.07. The van der Waals surface area contributed by atoms with E-state index in [2.05, 4.69) is 374 Å². The van der Waals surface area contributed by atoms with Gasteiger partial charge in [-0.3, -0.25) is 0 Å². The maximum atomic E-state index is 2.52. The fraction of sp³-hybridized carbons (Fsp3) is 0.0222. The van der Waals surface area contributed by atoms with Crippen LogP contribution in [0.25, 0.3) is 76.8 Å². The van der Waals surface area contributed by atoms with E-state index in [1.54, 1.807) is 0 Å². The third-order valence-corrected chi connectivity index (χ3v) is 19.9. The standard InChI is InChI=1S/C90H60N2/c1-5-25-61(26-6-1)65-29-21-37-71(57-65)91(73-39-23-35-69(59-73)89(67-31-9-3-10-32-67)81-45-17-13-41-75(81)76-42-14-18-46-82(76)89)85-55-51-63-50-54-80-86(56-52-64-49-53-79(85)87(63)88(64)80)92(72-38-22-30-66(58-72)62-27-7-2-8-28-62)74-40-24-36-70(60-74)90(68-33-11-4-12-34-68)83-47-19-15-43-77(83)78-44-16-20-48-84(78)90/h1-60H. The van der Waals surface area contributed by atoms with E-state index in [1.165, 1.54) is 110 Å². The monoisotopic (exact) mass is 1170 g/mol. The molecule has 0 saturated heterocycles. The van der Waals surface area contributed by atoms with E-state index in [4.69, 9.17) is 0 Å². The fourth-order valence-corrected chi connectivity index (χ4v) is 16.1. The summed E-state index contributed by atoms with van der Waals surface area (Å²) in [7, 11) is 0. The van der Waals surface area contributed by atoms with Crippen molar-refractivity contribution in [3.05, 3.63) is 408 Å². The molecular formula is C90H60N2. The number of hydrogen-bond donors (Lipinski definition) is 0. The smallest absolute Gasteiger partial charge is 0.0714 e. The second-order valence-corrected chi connectivity index (χ2v) is 24.6. The van der Waals surface area contributed by atoms with E-state index in [0.29, 0.717) is 0 Å². The fourth-order valence-electron chi connectivity index (χ4n) is 16.1. The predicted octanol–water partition coefficient (Wildman–Crippen LogP) is 23.6.